The summed E-state index contributed by atoms with van der Waals surface area (Å²) in [6, 6.07) is 22.4. The van der Waals surface area contributed by atoms with Gasteiger partial charge in [-0.2, -0.15) is 0 Å². The fourth-order valence-corrected chi connectivity index (χ4v) is 6.65. The Bertz CT molecular complexity index is 1430. The third kappa shape index (κ3) is 7.36. The lowest BCUT2D eigenvalue weighted by atomic mass is 10.0. The van der Waals surface area contributed by atoms with Gasteiger partial charge in [-0.15, -0.1) is 0 Å². The van der Waals surface area contributed by atoms with Crippen LogP contribution in [0.1, 0.15) is 69.1 Å². The normalized spacial score (nSPS) is 14.6. The van der Waals surface area contributed by atoms with Gasteiger partial charge in [-0.3, -0.25) is 13.9 Å². The van der Waals surface area contributed by atoms with Crippen LogP contribution in [-0.2, 0) is 26.2 Å². The van der Waals surface area contributed by atoms with Crippen molar-refractivity contribution >= 4 is 27.5 Å². The number of carbonyl (C=O) groups excluding carboxylic acids is 2. The van der Waals surface area contributed by atoms with Gasteiger partial charge < -0.3 is 10.2 Å². The van der Waals surface area contributed by atoms with Crippen molar-refractivity contribution in [1.82, 2.24) is 10.2 Å². The number of aryl methyl sites for hydroxylation is 1. The van der Waals surface area contributed by atoms with Crippen molar-refractivity contribution in [2.24, 2.45) is 0 Å². The van der Waals surface area contributed by atoms with Gasteiger partial charge in [-0.1, -0.05) is 81.3 Å². The maximum absolute atomic E-state index is 14.1. The molecule has 0 aromatic heterocycles. The van der Waals surface area contributed by atoms with E-state index in [1.165, 1.54) is 17.0 Å². The maximum atomic E-state index is 14.1. The van der Waals surface area contributed by atoms with E-state index in [0.717, 1.165) is 46.7 Å². The molecule has 4 rings (SSSR count). The van der Waals surface area contributed by atoms with Gasteiger partial charge in [0.25, 0.3) is 10.0 Å². The molecule has 41 heavy (non-hydrogen) atoms. The van der Waals surface area contributed by atoms with Crippen LogP contribution in [-0.4, -0.2) is 43.8 Å². The molecule has 0 bridgehead atoms. The van der Waals surface area contributed by atoms with E-state index in [9.17, 15) is 18.0 Å². The van der Waals surface area contributed by atoms with Crippen LogP contribution in [0.15, 0.2) is 83.8 Å². The average Bonchev–Trinajstić information content (AvgIpc) is 3.48. The number of nitrogens with zero attached hydrogens (tertiary/aromatic N) is 2. The zero-order chi connectivity index (χ0) is 29.6. The second-order valence-electron chi connectivity index (χ2n) is 11.2. The molecule has 8 heteroatoms. The summed E-state index contributed by atoms with van der Waals surface area (Å²) in [7, 11) is -4.08. The fraction of sp³-hybridized carbons (Fsp3) is 0.394. The monoisotopic (exact) mass is 575 g/mol. The molecule has 1 N–H and O–H groups in total. The van der Waals surface area contributed by atoms with Crippen molar-refractivity contribution in [3.05, 3.63) is 95.6 Å². The highest BCUT2D eigenvalue weighted by Crippen LogP contribution is 2.27. The number of sulfonamides is 1. The largest absolute Gasteiger partial charge is 0.352 e. The minimum atomic E-state index is -4.08. The number of carbonyl (C=O) groups is 2. The zero-order valence-electron chi connectivity index (χ0n) is 24.4. The highest BCUT2D eigenvalue weighted by Gasteiger charge is 2.33. The summed E-state index contributed by atoms with van der Waals surface area (Å²) in [5.41, 5.74) is 3.35. The quantitative estimate of drug-likeness (QED) is 0.314. The van der Waals surface area contributed by atoms with Gasteiger partial charge in [-0.25, -0.2) is 8.42 Å². The van der Waals surface area contributed by atoms with E-state index >= 15 is 0 Å². The summed E-state index contributed by atoms with van der Waals surface area (Å²) in [6.07, 6.45) is 4.01. The number of anilines is 1. The Balaban J connectivity index is 1.69. The van der Waals surface area contributed by atoms with E-state index < -0.39 is 28.5 Å². The van der Waals surface area contributed by atoms with Crippen LogP contribution in [0.2, 0.25) is 0 Å². The van der Waals surface area contributed by atoms with Crippen LogP contribution in [0.25, 0.3) is 0 Å². The molecule has 2 amide bonds. The van der Waals surface area contributed by atoms with Gasteiger partial charge in [0.2, 0.25) is 11.8 Å². The van der Waals surface area contributed by atoms with Crippen LogP contribution in [0.3, 0.4) is 0 Å². The van der Waals surface area contributed by atoms with Crippen LogP contribution >= 0.6 is 0 Å². The summed E-state index contributed by atoms with van der Waals surface area (Å²) in [6.45, 7) is 7.57. The summed E-state index contributed by atoms with van der Waals surface area (Å²) < 4.78 is 29.0. The molecule has 3 aromatic carbocycles. The van der Waals surface area contributed by atoms with Crippen LogP contribution in [0, 0.1) is 6.92 Å². The highest BCUT2D eigenvalue weighted by molar-refractivity contribution is 7.92. The van der Waals surface area contributed by atoms with Crippen molar-refractivity contribution in [3.8, 4) is 0 Å². The first-order chi connectivity index (χ1) is 19.6. The van der Waals surface area contributed by atoms with Gasteiger partial charge >= 0.3 is 0 Å². The molecule has 7 nitrogen and oxygen atoms in total. The molecule has 1 saturated carbocycles. The first-order valence-electron chi connectivity index (χ1n) is 14.4. The van der Waals surface area contributed by atoms with Gasteiger partial charge in [-0.05, 0) is 73.6 Å². The van der Waals surface area contributed by atoms with E-state index in [-0.39, 0.29) is 29.3 Å². The Labute approximate surface area is 244 Å². The summed E-state index contributed by atoms with van der Waals surface area (Å²) in [5, 5.41) is 3.11. The Morgan fingerprint density at radius 3 is 2.10 bits per heavy atom. The first kappa shape index (κ1) is 30.3. The number of nitrogens with one attached hydrogen (secondary N) is 1. The molecule has 1 aliphatic rings. The van der Waals surface area contributed by atoms with E-state index in [2.05, 4.69) is 19.2 Å². The molecule has 0 aliphatic heterocycles. The van der Waals surface area contributed by atoms with Gasteiger partial charge in [0, 0.05) is 12.6 Å². The number of amides is 2. The van der Waals surface area contributed by atoms with Crippen molar-refractivity contribution < 1.29 is 18.0 Å². The molecule has 0 radical (unpaired) electrons. The number of hydrogen-bond acceptors (Lipinski definition) is 4. The molecule has 1 aliphatic carbocycles. The number of hydrogen-bond donors (Lipinski definition) is 1. The van der Waals surface area contributed by atoms with E-state index in [0.29, 0.717) is 5.69 Å². The lowest BCUT2D eigenvalue weighted by Crippen LogP contribution is -2.52. The predicted molar refractivity (Wildman–Crippen MR) is 163 cm³/mol. The second-order valence-corrected chi connectivity index (χ2v) is 13.0. The predicted octanol–water partition coefficient (Wildman–Crippen LogP) is 5.79. The fourth-order valence-electron chi connectivity index (χ4n) is 5.22. The van der Waals surface area contributed by atoms with Crippen molar-refractivity contribution in [3.63, 3.8) is 0 Å². The van der Waals surface area contributed by atoms with Gasteiger partial charge in [0.15, 0.2) is 0 Å². The zero-order valence-corrected chi connectivity index (χ0v) is 25.2. The number of benzene rings is 3. The first-order valence-corrected chi connectivity index (χ1v) is 15.8. The Morgan fingerprint density at radius 1 is 0.878 bits per heavy atom. The Kier molecular flexibility index (Phi) is 9.86. The molecule has 1 fully saturated rings. The average molecular weight is 576 g/mol. The van der Waals surface area contributed by atoms with Crippen molar-refractivity contribution in [1.29, 1.82) is 0 Å². The van der Waals surface area contributed by atoms with Crippen LogP contribution in [0.5, 0.6) is 0 Å². The smallest absolute Gasteiger partial charge is 0.264 e. The lowest BCUT2D eigenvalue weighted by molar-refractivity contribution is -0.139. The molecule has 218 valence electrons. The molecule has 0 unspecified atom stereocenters. The third-order valence-electron chi connectivity index (χ3n) is 7.93. The van der Waals surface area contributed by atoms with E-state index in [4.69, 9.17) is 0 Å². The molecule has 3 aromatic rings. The van der Waals surface area contributed by atoms with Gasteiger partial charge in [0.1, 0.15) is 12.6 Å². The maximum Gasteiger partial charge on any atom is 0.264 e. The highest BCUT2D eigenvalue weighted by atomic mass is 32.2. The SMILES string of the molecule is Cc1ccccc1CN(C(=O)CN(c1ccc(C(C)C)cc1)S(=O)(=O)c1ccccc1)[C@H](C)C(=O)NC1CCCC1. The van der Waals surface area contributed by atoms with Crippen LogP contribution in [0.4, 0.5) is 5.69 Å². The molecule has 0 spiro atoms. The van der Waals surface area contributed by atoms with E-state index in [1.807, 2.05) is 43.3 Å². The van der Waals surface area contributed by atoms with Crippen molar-refractivity contribution in [2.75, 3.05) is 10.8 Å². The second kappa shape index (κ2) is 13.3. The van der Waals surface area contributed by atoms with Crippen LogP contribution < -0.4 is 9.62 Å². The molecular formula is C33H41N3O4S. The van der Waals surface area contributed by atoms with Crippen molar-refractivity contribution in [2.45, 2.75) is 82.8 Å². The minimum Gasteiger partial charge on any atom is -0.352 e. The summed E-state index contributed by atoms with van der Waals surface area (Å²) >= 11 is 0. The summed E-state index contributed by atoms with van der Waals surface area (Å²) in [4.78, 5) is 29.1. The minimum absolute atomic E-state index is 0.0956. The van der Waals surface area contributed by atoms with Gasteiger partial charge in [0.05, 0.1) is 10.6 Å². The summed E-state index contributed by atoms with van der Waals surface area (Å²) in [5.74, 6) is -0.402. The number of rotatable bonds is 11. The Hall–Kier alpha value is -3.65. The lowest BCUT2D eigenvalue weighted by Gasteiger charge is -2.33. The standard InChI is InChI=1S/C33H41N3O4S/c1-24(2)27-18-20-30(21-19-27)36(41(39,40)31-16-6-5-7-17-31)23-32(37)35(22-28-13-9-8-12-25(28)3)26(4)33(38)34-29-14-10-11-15-29/h5-9,12-13,16-21,24,26,29H,10-11,14-15,22-23H2,1-4H3,(H,34,38)/t26-/m1/s1. The molecular weight excluding hydrogens is 534 g/mol. The third-order valence-corrected chi connectivity index (χ3v) is 9.72. The molecule has 1 atom stereocenters. The molecule has 0 saturated heterocycles. The Morgan fingerprint density at radius 2 is 1.49 bits per heavy atom. The topological polar surface area (TPSA) is 86.8 Å². The molecule has 0 heterocycles. The van der Waals surface area contributed by atoms with E-state index in [1.54, 1.807) is 37.3 Å².